The summed E-state index contributed by atoms with van der Waals surface area (Å²) in [6, 6.07) is 15.3. The molecule has 28 heavy (non-hydrogen) atoms. The quantitative estimate of drug-likeness (QED) is 0.685. The number of aryl methyl sites for hydroxylation is 1. The highest BCUT2D eigenvalue weighted by Gasteiger charge is 2.28. The average molecular weight is 377 g/mol. The summed E-state index contributed by atoms with van der Waals surface area (Å²) in [4.78, 5) is 19.2. The topological polar surface area (TPSA) is 68.5 Å². The number of carbonyl (C=O) groups excluding carboxylic acids is 1. The van der Waals surface area contributed by atoms with E-state index in [0.717, 1.165) is 29.5 Å². The van der Waals surface area contributed by atoms with Gasteiger partial charge in [-0.15, -0.1) is 0 Å². The van der Waals surface area contributed by atoms with Crippen LogP contribution < -0.4 is 4.74 Å². The molecule has 1 fully saturated rings. The molecule has 0 spiro atoms. The number of methoxy groups -OCH3 is 1. The van der Waals surface area contributed by atoms with Crippen molar-refractivity contribution in [1.82, 2.24) is 15.0 Å². The fourth-order valence-corrected chi connectivity index (χ4v) is 3.63. The smallest absolute Gasteiger partial charge is 0.261 e. The van der Waals surface area contributed by atoms with Gasteiger partial charge in [-0.3, -0.25) is 4.79 Å². The van der Waals surface area contributed by atoms with Gasteiger partial charge in [-0.05, 0) is 44.0 Å². The molecule has 4 rings (SSSR count). The van der Waals surface area contributed by atoms with Gasteiger partial charge in [0.25, 0.3) is 11.8 Å². The second-order valence-electron chi connectivity index (χ2n) is 7.09. The first-order chi connectivity index (χ1) is 13.7. The number of ether oxygens (including phenoxy) is 1. The Kier molecular flexibility index (Phi) is 5.10. The molecule has 0 saturated carbocycles. The first-order valence-electron chi connectivity index (χ1n) is 9.48. The third kappa shape index (κ3) is 3.63. The number of hydrogen-bond acceptors (Lipinski definition) is 5. The standard InChI is InChI=1S/C22H23N3O3/c1-15-6-5-7-17(14-15)22(26)25-12-10-16(11-13-25)20-23-21(28-24-20)18-8-3-4-9-19(18)27-2/h3-9,14,16H,10-13H2,1-2H3. The Morgan fingerprint density at radius 3 is 2.68 bits per heavy atom. The SMILES string of the molecule is COc1ccccc1-c1nc(C2CCN(C(=O)c3cccc(C)c3)CC2)no1. The minimum atomic E-state index is 0.0879. The number of hydrogen-bond donors (Lipinski definition) is 0. The molecular formula is C22H23N3O3. The van der Waals surface area contributed by atoms with Crippen LogP contribution >= 0.6 is 0 Å². The molecule has 1 amide bonds. The van der Waals surface area contributed by atoms with Gasteiger partial charge in [-0.25, -0.2) is 0 Å². The van der Waals surface area contributed by atoms with E-state index in [2.05, 4.69) is 10.1 Å². The largest absolute Gasteiger partial charge is 0.496 e. The molecule has 3 aromatic rings. The van der Waals surface area contributed by atoms with Crippen molar-refractivity contribution < 1.29 is 14.1 Å². The molecule has 0 N–H and O–H groups in total. The molecule has 0 unspecified atom stereocenters. The van der Waals surface area contributed by atoms with Crippen LogP contribution in [-0.4, -0.2) is 41.1 Å². The molecule has 0 atom stereocenters. The van der Waals surface area contributed by atoms with Gasteiger partial charge >= 0.3 is 0 Å². The Balaban J connectivity index is 1.43. The zero-order valence-electron chi connectivity index (χ0n) is 16.1. The lowest BCUT2D eigenvalue weighted by atomic mass is 9.95. The maximum atomic E-state index is 12.7. The van der Waals surface area contributed by atoms with Crippen LogP contribution in [0.1, 0.15) is 40.5 Å². The minimum absolute atomic E-state index is 0.0879. The van der Waals surface area contributed by atoms with Gasteiger partial charge in [0.05, 0.1) is 12.7 Å². The van der Waals surface area contributed by atoms with Crippen molar-refractivity contribution in [3.05, 3.63) is 65.5 Å². The molecule has 2 heterocycles. The van der Waals surface area contributed by atoms with Crippen molar-refractivity contribution in [3.63, 3.8) is 0 Å². The first kappa shape index (κ1) is 18.2. The van der Waals surface area contributed by atoms with Crippen LogP contribution in [0, 0.1) is 6.92 Å². The third-order valence-electron chi connectivity index (χ3n) is 5.19. The first-order valence-corrected chi connectivity index (χ1v) is 9.48. The molecule has 1 aliphatic rings. The lowest BCUT2D eigenvalue weighted by molar-refractivity contribution is 0.0710. The van der Waals surface area contributed by atoms with Crippen LogP contribution in [0.4, 0.5) is 0 Å². The highest BCUT2D eigenvalue weighted by molar-refractivity contribution is 5.94. The Morgan fingerprint density at radius 1 is 1.14 bits per heavy atom. The van der Waals surface area contributed by atoms with Crippen molar-refractivity contribution in [2.24, 2.45) is 0 Å². The number of aromatic nitrogens is 2. The highest BCUT2D eigenvalue weighted by Crippen LogP contribution is 2.32. The van der Waals surface area contributed by atoms with Gasteiger partial charge in [0.2, 0.25) is 0 Å². The predicted molar refractivity (Wildman–Crippen MR) is 105 cm³/mol. The summed E-state index contributed by atoms with van der Waals surface area (Å²) in [6.45, 7) is 3.38. The molecule has 1 saturated heterocycles. The molecule has 6 nitrogen and oxygen atoms in total. The van der Waals surface area contributed by atoms with E-state index in [1.807, 2.05) is 60.4 Å². The zero-order chi connectivity index (χ0) is 19.5. The zero-order valence-corrected chi connectivity index (χ0v) is 16.1. The lowest BCUT2D eigenvalue weighted by Crippen LogP contribution is -2.38. The van der Waals surface area contributed by atoms with Crippen molar-refractivity contribution in [1.29, 1.82) is 0 Å². The Bertz CT molecular complexity index is 974. The summed E-state index contributed by atoms with van der Waals surface area (Å²) < 4.78 is 10.9. The van der Waals surface area contributed by atoms with Gasteiger partial charge in [-0.2, -0.15) is 4.98 Å². The van der Waals surface area contributed by atoms with Crippen LogP contribution in [0.25, 0.3) is 11.5 Å². The summed E-state index contributed by atoms with van der Waals surface area (Å²) in [6.07, 6.45) is 1.64. The van der Waals surface area contributed by atoms with Crippen LogP contribution in [-0.2, 0) is 0 Å². The van der Waals surface area contributed by atoms with Gasteiger partial charge < -0.3 is 14.2 Å². The van der Waals surface area contributed by atoms with Crippen molar-refractivity contribution in [2.75, 3.05) is 20.2 Å². The number of piperidine rings is 1. The van der Waals surface area contributed by atoms with E-state index in [0.29, 0.717) is 30.6 Å². The number of nitrogens with zero attached hydrogens (tertiary/aromatic N) is 3. The summed E-state index contributed by atoms with van der Waals surface area (Å²) in [7, 11) is 1.62. The molecule has 0 bridgehead atoms. The Hall–Kier alpha value is -3.15. The van der Waals surface area contributed by atoms with Gasteiger partial charge in [0.15, 0.2) is 5.82 Å². The van der Waals surface area contributed by atoms with Gasteiger partial charge in [-0.1, -0.05) is 35.0 Å². The number of likely N-dealkylation sites (tertiary alicyclic amines) is 1. The van der Waals surface area contributed by atoms with Crippen molar-refractivity contribution in [2.45, 2.75) is 25.7 Å². The second-order valence-corrected chi connectivity index (χ2v) is 7.09. The lowest BCUT2D eigenvalue weighted by Gasteiger charge is -2.30. The number of rotatable bonds is 4. The van der Waals surface area contributed by atoms with Crippen LogP contribution in [0.5, 0.6) is 5.75 Å². The van der Waals surface area contributed by atoms with Crippen LogP contribution in [0.3, 0.4) is 0 Å². The Labute approximate surface area is 164 Å². The number of amides is 1. The molecule has 0 aliphatic carbocycles. The molecule has 1 aromatic heterocycles. The molecule has 1 aliphatic heterocycles. The van der Waals surface area contributed by atoms with Crippen LogP contribution in [0.15, 0.2) is 53.1 Å². The van der Waals surface area contributed by atoms with Crippen molar-refractivity contribution in [3.8, 4) is 17.2 Å². The number of carbonyl (C=O) groups is 1. The average Bonchev–Trinajstić information content (AvgIpc) is 3.23. The van der Waals surface area contributed by atoms with E-state index < -0.39 is 0 Å². The fourth-order valence-electron chi connectivity index (χ4n) is 3.63. The molecular weight excluding hydrogens is 354 g/mol. The van der Waals surface area contributed by atoms with E-state index in [9.17, 15) is 4.79 Å². The molecule has 144 valence electrons. The van der Waals surface area contributed by atoms with E-state index in [-0.39, 0.29) is 11.8 Å². The molecule has 0 radical (unpaired) electrons. The van der Waals surface area contributed by atoms with Gasteiger partial charge in [0.1, 0.15) is 5.75 Å². The molecule has 2 aromatic carbocycles. The predicted octanol–water partition coefficient (Wildman–Crippen LogP) is 4.07. The monoisotopic (exact) mass is 377 g/mol. The van der Waals surface area contributed by atoms with E-state index in [4.69, 9.17) is 9.26 Å². The third-order valence-corrected chi connectivity index (χ3v) is 5.19. The van der Waals surface area contributed by atoms with Crippen LogP contribution in [0.2, 0.25) is 0 Å². The maximum Gasteiger partial charge on any atom is 0.261 e. The second kappa shape index (κ2) is 7.84. The van der Waals surface area contributed by atoms with Crippen molar-refractivity contribution >= 4 is 5.91 Å². The van der Waals surface area contributed by atoms with Gasteiger partial charge in [0, 0.05) is 24.6 Å². The molecule has 6 heteroatoms. The maximum absolute atomic E-state index is 12.7. The summed E-state index contributed by atoms with van der Waals surface area (Å²) in [5.41, 5.74) is 2.63. The Morgan fingerprint density at radius 2 is 1.93 bits per heavy atom. The number of benzene rings is 2. The summed E-state index contributed by atoms with van der Waals surface area (Å²) in [5.74, 6) is 2.14. The minimum Gasteiger partial charge on any atom is -0.496 e. The van der Waals surface area contributed by atoms with E-state index in [1.165, 1.54) is 0 Å². The fraction of sp³-hybridized carbons (Fsp3) is 0.318. The number of para-hydroxylation sites is 1. The highest BCUT2D eigenvalue weighted by atomic mass is 16.5. The normalized spacial score (nSPS) is 14.9. The van der Waals surface area contributed by atoms with E-state index in [1.54, 1.807) is 7.11 Å². The summed E-state index contributed by atoms with van der Waals surface area (Å²) >= 11 is 0. The summed E-state index contributed by atoms with van der Waals surface area (Å²) in [5, 5.41) is 4.19. The van der Waals surface area contributed by atoms with E-state index >= 15 is 0 Å².